The number of aromatic hydroxyl groups is 1. The van der Waals surface area contributed by atoms with Crippen molar-refractivity contribution in [3.05, 3.63) is 34.4 Å². The summed E-state index contributed by atoms with van der Waals surface area (Å²) in [7, 11) is 0. The van der Waals surface area contributed by atoms with E-state index in [0.29, 0.717) is 0 Å². The Morgan fingerprint density at radius 1 is 1.27 bits per heavy atom. The molecule has 5 heteroatoms. The van der Waals surface area contributed by atoms with E-state index in [1.54, 1.807) is 0 Å². The van der Waals surface area contributed by atoms with Gasteiger partial charge in [-0.25, -0.2) is 0 Å². The molecule has 0 bridgehead atoms. The molecular formula is C6H8AsNO3. The van der Waals surface area contributed by atoms with Crippen molar-refractivity contribution in [1.29, 1.82) is 0 Å². The summed E-state index contributed by atoms with van der Waals surface area (Å²) < 4.78 is 0. The fraction of sp³-hybridized carbons (Fsp3) is 0. The van der Waals surface area contributed by atoms with Gasteiger partial charge in [0.05, 0.1) is 4.92 Å². The van der Waals surface area contributed by atoms with Crippen molar-refractivity contribution >= 4 is 23.6 Å². The minimum atomic E-state index is -0.514. The van der Waals surface area contributed by atoms with Gasteiger partial charge in [0.1, 0.15) is 5.75 Å². The van der Waals surface area contributed by atoms with Gasteiger partial charge < -0.3 is 5.11 Å². The summed E-state index contributed by atoms with van der Waals surface area (Å²) in [5, 5.41) is 18.8. The molecule has 1 aromatic rings. The Bertz CT molecular complexity index is 247. The first-order valence-electron chi connectivity index (χ1n) is 2.63. The molecule has 0 heterocycles. The molecule has 0 aliphatic rings. The Hall–Kier alpha value is -1.02. The third kappa shape index (κ3) is 2.60. The van der Waals surface area contributed by atoms with Gasteiger partial charge in [-0.1, -0.05) is 0 Å². The maximum atomic E-state index is 10.0. The van der Waals surface area contributed by atoms with Gasteiger partial charge in [0.15, 0.2) is 0 Å². The molecule has 0 aliphatic heterocycles. The molecule has 0 fully saturated rings. The van der Waals surface area contributed by atoms with E-state index in [4.69, 9.17) is 5.11 Å². The van der Waals surface area contributed by atoms with Gasteiger partial charge in [-0.2, -0.15) is 0 Å². The van der Waals surface area contributed by atoms with Gasteiger partial charge in [0.25, 0.3) is 5.69 Å². The summed E-state index contributed by atoms with van der Waals surface area (Å²) in [5.74, 6) is 0.0330. The Morgan fingerprint density at radius 3 is 2.09 bits per heavy atom. The summed E-state index contributed by atoms with van der Waals surface area (Å²) in [6.45, 7) is 0. The molecule has 1 unspecified atom stereocenters. The van der Waals surface area contributed by atoms with E-state index < -0.39 is 4.92 Å². The summed E-state index contributed by atoms with van der Waals surface area (Å²) in [6, 6.07) is 5.04. The predicted molar refractivity (Wildman–Crippen MR) is 44.7 cm³/mol. The number of rotatable bonds is 1. The molecular weight excluding hydrogens is 209 g/mol. The number of nitrogens with zero attached hydrogens (tertiary/aromatic N) is 1. The summed E-state index contributed by atoms with van der Waals surface area (Å²) in [5.41, 5.74) is -0.0159. The second-order valence-corrected chi connectivity index (χ2v) is 1.77. The third-order valence-corrected chi connectivity index (χ3v) is 1.06. The van der Waals surface area contributed by atoms with Crippen LogP contribution in [0.5, 0.6) is 5.75 Å². The molecule has 0 aliphatic carbocycles. The molecule has 0 saturated heterocycles. The number of phenolic OH excluding ortho intramolecular Hbond substituents is 1. The zero-order chi connectivity index (χ0) is 7.56. The number of non-ortho nitro benzene ring substituents is 1. The topological polar surface area (TPSA) is 63.4 Å². The van der Waals surface area contributed by atoms with Gasteiger partial charge in [0, 0.05) is 12.1 Å². The van der Waals surface area contributed by atoms with Crippen LogP contribution in [0.15, 0.2) is 24.3 Å². The van der Waals surface area contributed by atoms with Crippen molar-refractivity contribution in [3.8, 4) is 5.75 Å². The fourth-order valence-corrected chi connectivity index (χ4v) is 0.574. The van der Waals surface area contributed by atoms with Gasteiger partial charge in [0.2, 0.25) is 0 Å². The molecule has 11 heavy (non-hydrogen) atoms. The van der Waals surface area contributed by atoms with Crippen LogP contribution in [0.3, 0.4) is 0 Å². The van der Waals surface area contributed by atoms with E-state index in [2.05, 4.69) is 0 Å². The van der Waals surface area contributed by atoms with E-state index in [9.17, 15) is 10.1 Å². The first-order valence-corrected chi connectivity index (χ1v) is 2.63. The van der Waals surface area contributed by atoms with E-state index in [-0.39, 0.29) is 29.4 Å². The quantitative estimate of drug-likeness (QED) is 0.412. The number of hydrogen-bond acceptors (Lipinski definition) is 3. The van der Waals surface area contributed by atoms with Crippen LogP contribution >= 0.6 is 0 Å². The molecule has 1 aromatic carbocycles. The third-order valence-electron chi connectivity index (χ3n) is 1.06. The molecule has 0 radical (unpaired) electrons. The molecule has 1 atom stereocenters. The monoisotopic (exact) mass is 217 g/mol. The van der Waals surface area contributed by atoms with Crippen LogP contribution in [0.4, 0.5) is 5.69 Å². The van der Waals surface area contributed by atoms with Gasteiger partial charge in [-0.05, 0) is 12.1 Å². The molecule has 1 rings (SSSR count). The van der Waals surface area contributed by atoms with Crippen LogP contribution in [-0.2, 0) is 0 Å². The van der Waals surface area contributed by atoms with Crippen LogP contribution < -0.4 is 0 Å². The van der Waals surface area contributed by atoms with Gasteiger partial charge in [-0.15, -0.1) is 0 Å². The molecule has 0 amide bonds. The maximum absolute atomic E-state index is 10.0. The first kappa shape index (κ1) is 9.98. The second-order valence-electron chi connectivity index (χ2n) is 1.77. The van der Waals surface area contributed by atoms with Crippen LogP contribution in [0.25, 0.3) is 0 Å². The van der Waals surface area contributed by atoms with E-state index in [0.717, 1.165) is 0 Å². The first-order chi connectivity index (χ1) is 4.70. The molecule has 1 N–H and O–H groups in total. The minimum absolute atomic E-state index is 0. The number of phenols is 1. The van der Waals surface area contributed by atoms with E-state index in [1.165, 1.54) is 24.3 Å². The van der Waals surface area contributed by atoms with Crippen LogP contribution in [0, 0.1) is 10.1 Å². The number of nitro benzene ring substituents is 1. The number of hydrogen-bond donors (Lipinski definition) is 1. The molecule has 60 valence electrons. The zero-order valence-corrected chi connectivity index (χ0v) is 8.69. The summed E-state index contributed by atoms with van der Waals surface area (Å²) in [4.78, 5) is 9.52. The second kappa shape index (κ2) is 3.98. The van der Waals surface area contributed by atoms with Crippen molar-refractivity contribution in [2.45, 2.75) is 0 Å². The van der Waals surface area contributed by atoms with E-state index >= 15 is 0 Å². The Morgan fingerprint density at radius 2 is 1.73 bits per heavy atom. The van der Waals surface area contributed by atoms with Crippen molar-refractivity contribution in [2.24, 2.45) is 0 Å². The predicted octanol–water partition coefficient (Wildman–Crippen LogP) is 0.116. The fourth-order valence-electron chi connectivity index (χ4n) is 0.574. The standard InChI is InChI=1S/C6H5NO3.AsH3/c8-6-3-1-5(2-4-6)7(9)10;/h1-4,8H;1H3. The zero-order valence-electron chi connectivity index (χ0n) is 5.73. The SMILES string of the molecule is O=[N+]([O-])c1ccc(O)cc1.[AsH3]. The van der Waals surface area contributed by atoms with Gasteiger partial charge in [-0.3, -0.25) is 10.1 Å². The van der Waals surface area contributed by atoms with Crippen molar-refractivity contribution in [3.63, 3.8) is 0 Å². The van der Waals surface area contributed by atoms with Crippen molar-refractivity contribution < 1.29 is 10.0 Å². The van der Waals surface area contributed by atoms with E-state index in [1.807, 2.05) is 0 Å². The van der Waals surface area contributed by atoms with Gasteiger partial charge >= 0.3 is 18.0 Å². The molecule has 0 saturated carbocycles. The average Bonchev–Trinajstić information content (AvgIpc) is 1.88. The number of benzene rings is 1. The van der Waals surface area contributed by atoms with Crippen LogP contribution in [0.2, 0.25) is 0 Å². The molecule has 0 aromatic heterocycles. The Balaban J connectivity index is 0.000001000. The molecule has 0 spiro atoms. The Kier molecular flexibility index (Phi) is 3.61. The van der Waals surface area contributed by atoms with Crippen molar-refractivity contribution in [2.75, 3.05) is 0 Å². The van der Waals surface area contributed by atoms with Crippen molar-refractivity contribution in [1.82, 2.24) is 0 Å². The van der Waals surface area contributed by atoms with Crippen LogP contribution in [0.1, 0.15) is 0 Å². The Labute approximate surface area is 74.3 Å². The number of nitro groups is 1. The average molecular weight is 217 g/mol. The molecule has 4 nitrogen and oxygen atoms in total. The summed E-state index contributed by atoms with van der Waals surface area (Å²) >= 11 is 0. The summed E-state index contributed by atoms with van der Waals surface area (Å²) in [6.07, 6.45) is 0. The van der Waals surface area contributed by atoms with Crippen LogP contribution in [-0.4, -0.2) is 28.0 Å². The normalized spacial score (nSPS) is 8.36.